The number of fused-ring (bicyclic) bond motifs is 1. The molecule has 238 valence electrons. The Morgan fingerprint density at radius 1 is 0.844 bits per heavy atom. The summed E-state index contributed by atoms with van der Waals surface area (Å²) in [7, 11) is 4.27. The van der Waals surface area contributed by atoms with Crippen LogP contribution in [-0.2, 0) is 29.0 Å². The highest BCUT2D eigenvalue weighted by atomic mass is 35.5. The number of hydrogen-bond donors (Lipinski definition) is 1. The first-order chi connectivity index (χ1) is 21.8. The number of carbonyl (C=O) groups excluding carboxylic acids is 2. The molecule has 8 heteroatoms. The van der Waals surface area contributed by atoms with Crippen LogP contribution in [0.2, 0.25) is 5.02 Å². The van der Waals surface area contributed by atoms with E-state index in [0.29, 0.717) is 31.0 Å². The molecule has 45 heavy (non-hydrogen) atoms. The van der Waals surface area contributed by atoms with Gasteiger partial charge in [-0.05, 0) is 80.8 Å². The minimum absolute atomic E-state index is 0.00128. The first-order valence-corrected chi connectivity index (χ1v) is 16.8. The normalized spacial score (nSPS) is 21.3. The second-order valence-electron chi connectivity index (χ2n) is 13.3. The Kier molecular flexibility index (Phi) is 9.90. The van der Waals surface area contributed by atoms with Gasteiger partial charge in [0.25, 0.3) is 0 Å². The van der Waals surface area contributed by atoms with Gasteiger partial charge < -0.3 is 15.1 Å². The molecule has 0 radical (unpaired) electrons. The fourth-order valence-corrected chi connectivity index (χ4v) is 7.73. The molecule has 6 rings (SSSR count). The Hall–Kier alpha value is -3.23. The smallest absolute Gasteiger partial charge is 0.245 e. The largest absolute Gasteiger partial charge is 0.344 e. The maximum Gasteiger partial charge on any atom is 0.245 e. The predicted octanol–water partition coefficient (Wildman–Crippen LogP) is 4.80. The molecule has 3 aliphatic rings. The van der Waals surface area contributed by atoms with Gasteiger partial charge in [0.15, 0.2) is 0 Å². The molecule has 2 atom stereocenters. The Bertz CT molecular complexity index is 1450. The average molecular weight is 628 g/mol. The highest BCUT2D eigenvalue weighted by molar-refractivity contribution is 6.30. The summed E-state index contributed by atoms with van der Waals surface area (Å²) in [6.07, 6.45) is 4.04. The van der Waals surface area contributed by atoms with Gasteiger partial charge in [-0.1, -0.05) is 78.3 Å². The zero-order valence-electron chi connectivity index (χ0n) is 26.6. The number of piperazine rings is 1. The molecule has 3 aromatic rings. The van der Waals surface area contributed by atoms with E-state index in [2.05, 4.69) is 76.6 Å². The van der Waals surface area contributed by atoms with E-state index >= 15 is 0 Å². The first-order valence-electron chi connectivity index (χ1n) is 16.4. The van der Waals surface area contributed by atoms with E-state index in [4.69, 9.17) is 11.6 Å². The summed E-state index contributed by atoms with van der Waals surface area (Å²) in [4.78, 5) is 37.0. The number of nitrogens with one attached hydrogen (secondary N) is 1. The van der Waals surface area contributed by atoms with Gasteiger partial charge in [0, 0.05) is 62.2 Å². The zero-order valence-corrected chi connectivity index (χ0v) is 27.4. The van der Waals surface area contributed by atoms with Gasteiger partial charge >= 0.3 is 0 Å². The molecule has 7 nitrogen and oxygen atoms in total. The van der Waals surface area contributed by atoms with Crippen molar-refractivity contribution in [3.63, 3.8) is 0 Å². The number of nitrogens with zero attached hydrogens (tertiary/aromatic N) is 4. The van der Waals surface area contributed by atoms with E-state index in [9.17, 15) is 9.59 Å². The van der Waals surface area contributed by atoms with Gasteiger partial charge in [0.2, 0.25) is 11.8 Å². The minimum Gasteiger partial charge on any atom is -0.344 e. The van der Waals surface area contributed by atoms with Crippen LogP contribution in [0, 0.1) is 0 Å². The van der Waals surface area contributed by atoms with Gasteiger partial charge in [-0.3, -0.25) is 19.4 Å². The van der Waals surface area contributed by atoms with E-state index in [1.807, 2.05) is 41.3 Å². The van der Waals surface area contributed by atoms with Crippen LogP contribution in [0.5, 0.6) is 0 Å². The Morgan fingerprint density at radius 2 is 1.51 bits per heavy atom. The monoisotopic (exact) mass is 627 g/mol. The number of rotatable bonds is 9. The van der Waals surface area contributed by atoms with Crippen LogP contribution >= 0.6 is 11.6 Å². The van der Waals surface area contributed by atoms with E-state index < -0.39 is 6.04 Å². The van der Waals surface area contributed by atoms with Gasteiger partial charge in [-0.15, -0.1) is 0 Å². The van der Waals surface area contributed by atoms with E-state index in [0.717, 1.165) is 57.5 Å². The van der Waals surface area contributed by atoms with Gasteiger partial charge in [0.1, 0.15) is 6.04 Å². The molecule has 2 unspecified atom stereocenters. The Labute approximate surface area is 273 Å². The predicted molar refractivity (Wildman–Crippen MR) is 180 cm³/mol. The highest BCUT2D eigenvalue weighted by Gasteiger charge is 2.41. The molecule has 2 fully saturated rings. The van der Waals surface area contributed by atoms with Crippen LogP contribution in [0.25, 0.3) is 0 Å². The summed E-state index contributed by atoms with van der Waals surface area (Å²) >= 11 is 6.16. The molecule has 0 aliphatic carbocycles. The lowest BCUT2D eigenvalue weighted by atomic mass is 9.80. The van der Waals surface area contributed by atoms with E-state index in [-0.39, 0.29) is 23.4 Å². The molecular formula is C37H46ClN5O2. The van der Waals surface area contributed by atoms with Gasteiger partial charge in [-0.25, -0.2) is 0 Å². The molecule has 1 N–H and O–H groups in total. The Morgan fingerprint density at radius 3 is 2.22 bits per heavy atom. The molecule has 0 saturated carbocycles. The minimum atomic E-state index is -0.631. The van der Waals surface area contributed by atoms with Crippen LogP contribution in [0.3, 0.4) is 0 Å². The number of benzene rings is 3. The fourth-order valence-electron chi connectivity index (χ4n) is 7.61. The van der Waals surface area contributed by atoms with Crippen molar-refractivity contribution >= 4 is 23.4 Å². The number of amides is 2. The number of piperidine rings is 1. The van der Waals surface area contributed by atoms with Crippen molar-refractivity contribution in [3.8, 4) is 0 Å². The third-order valence-electron chi connectivity index (χ3n) is 10.3. The second kappa shape index (κ2) is 14.0. The zero-order chi connectivity index (χ0) is 31.4. The fraction of sp³-hybridized carbons (Fsp3) is 0.459. The van der Waals surface area contributed by atoms with Gasteiger partial charge in [-0.2, -0.15) is 0 Å². The van der Waals surface area contributed by atoms with Crippen molar-refractivity contribution in [2.45, 2.75) is 56.3 Å². The van der Waals surface area contributed by atoms with Crippen LogP contribution in [-0.4, -0.2) is 96.4 Å². The van der Waals surface area contributed by atoms with Crippen molar-refractivity contribution in [1.29, 1.82) is 0 Å². The standard InChI is InChI=1S/C37H46ClN5O2/c1-40-18-16-37(17-19-40,26-29-8-4-3-5-9-29)43-22-20-42(21-23-43)36(45)33(24-28-12-14-31(38)15-13-28)39-35(44)25-34-32-11-7-6-10-30(32)27-41(34)2/h3-15,33-34H,16-27H2,1-2H3,(H,39,44). The summed E-state index contributed by atoms with van der Waals surface area (Å²) in [6, 6.07) is 26.1. The molecule has 0 spiro atoms. The Balaban J connectivity index is 1.14. The first kappa shape index (κ1) is 31.7. The quantitative estimate of drug-likeness (QED) is 0.370. The highest BCUT2D eigenvalue weighted by Crippen LogP contribution is 2.35. The number of likely N-dealkylation sites (tertiary alicyclic amines) is 1. The van der Waals surface area contributed by atoms with E-state index in [1.165, 1.54) is 16.7 Å². The van der Waals surface area contributed by atoms with Crippen LogP contribution in [0.15, 0.2) is 78.9 Å². The maximum absolute atomic E-state index is 14.2. The summed E-state index contributed by atoms with van der Waals surface area (Å²) in [5.74, 6) is -0.0961. The van der Waals surface area contributed by atoms with Crippen molar-refractivity contribution in [2.24, 2.45) is 0 Å². The van der Waals surface area contributed by atoms with Crippen molar-refractivity contribution in [3.05, 3.63) is 106 Å². The molecular weight excluding hydrogens is 582 g/mol. The van der Waals surface area contributed by atoms with Crippen molar-refractivity contribution in [2.75, 3.05) is 53.4 Å². The molecule has 3 heterocycles. The van der Waals surface area contributed by atoms with Crippen molar-refractivity contribution < 1.29 is 9.59 Å². The van der Waals surface area contributed by atoms with Crippen LogP contribution in [0.4, 0.5) is 0 Å². The van der Waals surface area contributed by atoms with Crippen LogP contribution < -0.4 is 5.32 Å². The van der Waals surface area contributed by atoms with E-state index in [1.54, 1.807) is 0 Å². The number of carbonyl (C=O) groups is 2. The van der Waals surface area contributed by atoms with Crippen LogP contribution in [0.1, 0.15) is 47.6 Å². The average Bonchev–Trinajstić information content (AvgIpc) is 3.37. The third-order valence-corrected chi connectivity index (χ3v) is 10.5. The topological polar surface area (TPSA) is 59.1 Å². The lowest BCUT2D eigenvalue weighted by Crippen LogP contribution is -2.63. The maximum atomic E-state index is 14.2. The second-order valence-corrected chi connectivity index (χ2v) is 13.7. The molecule has 3 aliphatic heterocycles. The molecule has 3 aromatic carbocycles. The van der Waals surface area contributed by atoms with Crippen molar-refractivity contribution in [1.82, 2.24) is 24.9 Å². The molecule has 2 saturated heterocycles. The molecule has 0 aromatic heterocycles. The van der Waals surface area contributed by atoms with Gasteiger partial charge in [0.05, 0.1) is 0 Å². The molecule has 0 bridgehead atoms. The third kappa shape index (κ3) is 7.44. The summed E-state index contributed by atoms with van der Waals surface area (Å²) < 4.78 is 0. The summed E-state index contributed by atoms with van der Waals surface area (Å²) in [6.45, 7) is 6.01. The summed E-state index contributed by atoms with van der Waals surface area (Å²) in [5, 5.41) is 3.82. The lowest BCUT2D eigenvalue weighted by molar-refractivity contribution is -0.139. The summed E-state index contributed by atoms with van der Waals surface area (Å²) in [5.41, 5.74) is 4.92. The number of halogens is 1. The SMILES string of the molecule is CN1CCC(Cc2ccccc2)(N2CCN(C(=O)C(Cc3ccc(Cl)cc3)NC(=O)CC3c4ccccc4CN3C)CC2)CC1. The number of hydrogen-bond acceptors (Lipinski definition) is 5. The lowest BCUT2D eigenvalue weighted by Gasteiger charge is -2.51. The molecule has 2 amide bonds.